The van der Waals surface area contributed by atoms with Crippen LogP contribution in [0.1, 0.15) is 12.8 Å². The lowest BCUT2D eigenvalue weighted by atomic mass is 10.1. The average Bonchev–Trinajstić information content (AvgIpc) is 2.40. The van der Waals surface area contributed by atoms with Crippen molar-refractivity contribution in [1.82, 2.24) is 14.6 Å². The predicted octanol–water partition coefficient (Wildman–Crippen LogP) is 0.0721. The van der Waals surface area contributed by atoms with E-state index < -0.39 is 10.0 Å². The van der Waals surface area contributed by atoms with E-state index in [-0.39, 0.29) is 23.4 Å². The maximum Gasteiger partial charge on any atom is 0.242 e. The van der Waals surface area contributed by atoms with E-state index in [1.807, 2.05) is 4.90 Å². The molecule has 1 fully saturated rings. The van der Waals surface area contributed by atoms with Crippen molar-refractivity contribution in [3.05, 3.63) is 22.9 Å². The highest BCUT2D eigenvalue weighted by molar-refractivity contribution is 9.10. The number of carbonyl (C=O) groups excluding carboxylic acids is 1. The molecular weight excluding hydrogens is 360 g/mol. The lowest BCUT2D eigenvalue weighted by Gasteiger charge is -2.31. The van der Waals surface area contributed by atoms with Crippen molar-refractivity contribution in [3.8, 4) is 0 Å². The number of sulfonamides is 1. The van der Waals surface area contributed by atoms with E-state index in [1.165, 1.54) is 18.5 Å². The van der Waals surface area contributed by atoms with E-state index in [9.17, 15) is 13.2 Å². The number of rotatable bonds is 5. The van der Waals surface area contributed by atoms with Crippen LogP contribution in [0, 0.1) is 0 Å². The van der Waals surface area contributed by atoms with Gasteiger partial charge in [0.25, 0.3) is 0 Å². The summed E-state index contributed by atoms with van der Waals surface area (Å²) in [5.74, 6) is -0.366. The molecule has 1 saturated heterocycles. The molecule has 2 heterocycles. The molecule has 7 nitrogen and oxygen atoms in total. The van der Waals surface area contributed by atoms with Gasteiger partial charge in [-0.1, -0.05) is 0 Å². The third-order valence-electron chi connectivity index (χ3n) is 3.28. The zero-order valence-electron chi connectivity index (χ0n) is 11.3. The number of nitrogens with two attached hydrogens (primary N) is 1. The number of hydrogen-bond donors (Lipinski definition) is 2. The smallest absolute Gasteiger partial charge is 0.242 e. The minimum atomic E-state index is -3.58. The second-order valence-electron chi connectivity index (χ2n) is 4.98. The fourth-order valence-electron chi connectivity index (χ4n) is 2.26. The Labute approximate surface area is 132 Å². The molecule has 1 aliphatic rings. The zero-order valence-corrected chi connectivity index (χ0v) is 13.7. The highest BCUT2D eigenvalue weighted by Crippen LogP contribution is 2.17. The van der Waals surface area contributed by atoms with Crippen molar-refractivity contribution in [2.75, 3.05) is 19.6 Å². The van der Waals surface area contributed by atoms with Gasteiger partial charge in [-0.25, -0.2) is 13.1 Å². The quantitative estimate of drug-likeness (QED) is 0.756. The molecule has 0 bridgehead atoms. The van der Waals surface area contributed by atoms with Crippen LogP contribution in [-0.2, 0) is 14.8 Å². The second kappa shape index (κ2) is 6.82. The molecule has 3 N–H and O–H groups in total. The molecule has 0 saturated carbocycles. The first kappa shape index (κ1) is 16.3. The van der Waals surface area contributed by atoms with Gasteiger partial charge in [0.2, 0.25) is 15.9 Å². The second-order valence-corrected chi connectivity index (χ2v) is 7.61. The number of carbonyl (C=O) groups is 1. The molecule has 9 heteroatoms. The van der Waals surface area contributed by atoms with E-state index >= 15 is 0 Å². The molecule has 21 heavy (non-hydrogen) atoms. The van der Waals surface area contributed by atoms with Gasteiger partial charge in [-0.05, 0) is 34.8 Å². The van der Waals surface area contributed by atoms with Gasteiger partial charge in [0.15, 0.2) is 0 Å². The summed E-state index contributed by atoms with van der Waals surface area (Å²) in [7, 11) is -3.58. The summed E-state index contributed by atoms with van der Waals surface area (Å²) in [6.07, 6.45) is 4.14. The number of likely N-dealkylation sites (tertiary alicyclic amines) is 1. The van der Waals surface area contributed by atoms with Gasteiger partial charge in [0.05, 0.1) is 6.54 Å². The topological polar surface area (TPSA) is 105 Å². The third kappa shape index (κ3) is 4.73. The summed E-state index contributed by atoms with van der Waals surface area (Å²) >= 11 is 3.21. The van der Waals surface area contributed by atoms with E-state index in [0.29, 0.717) is 30.4 Å². The van der Waals surface area contributed by atoms with E-state index in [4.69, 9.17) is 5.73 Å². The van der Waals surface area contributed by atoms with Crippen LogP contribution in [0.25, 0.3) is 0 Å². The fourth-order valence-corrected chi connectivity index (χ4v) is 4.06. The van der Waals surface area contributed by atoms with Gasteiger partial charge < -0.3 is 5.73 Å². The average molecular weight is 377 g/mol. The van der Waals surface area contributed by atoms with Gasteiger partial charge in [0.1, 0.15) is 4.90 Å². The molecule has 0 unspecified atom stereocenters. The van der Waals surface area contributed by atoms with Crippen molar-refractivity contribution in [1.29, 1.82) is 0 Å². The van der Waals surface area contributed by atoms with Crippen LogP contribution >= 0.6 is 15.9 Å². The lowest BCUT2D eigenvalue weighted by Crippen LogP contribution is -2.46. The minimum absolute atomic E-state index is 0.136. The summed E-state index contributed by atoms with van der Waals surface area (Å²) in [6, 6.07) is 1.37. The standard InChI is InChI=1S/C12H17BrN4O3S/c13-9-5-11(7-15-6-9)21(19,20)16-10-1-3-17(4-2-10)8-12(14)18/h5-7,10,16H,1-4,8H2,(H2,14,18). The van der Waals surface area contributed by atoms with Crippen LogP contribution < -0.4 is 10.5 Å². The van der Waals surface area contributed by atoms with Crippen molar-refractivity contribution >= 4 is 31.9 Å². The Kier molecular flexibility index (Phi) is 5.31. The van der Waals surface area contributed by atoms with Gasteiger partial charge >= 0.3 is 0 Å². The van der Waals surface area contributed by atoms with Crippen LogP contribution in [0.2, 0.25) is 0 Å². The summed E-state index contributed by atoms with van der Waals surface area (Å²) in [6.45, 7) is 1.51. The normalized spacial score (nSPS) is 17.8. The van der Waals surface area contributed by atoms with Gasteiger partial charge in [-0.2, -0.15) is 0 Å². The van der Waals surface area contributed by atoms with Crippen molar-refractivity contribution in [3.63, 3.8) is 0 Å². The number of nitrogens with zero attached hydrogens (tertiary/aromatic N) is 2. The Balaban J connectivity index is 1.95. The summed E-state index contributed by atoms with van der Waals surface area (Å²) < 4.78 is 27.8. The first-order chi connectivity index (χ1) is 9.87. The minimum Gasteiger partial charge on any atom is -0.369 e. The van der Waals surface area contributed by atoms with E-state index in [1.54, 1.807) is 0 Å². The Hall–Kier alpha value is -1.03. The SMILES string of the molecule is NC(=O)CN1CCC(NS(=O)(=O)c2cncc(Br)c2)CC1. The molecular formula is C12H17BrN4O3S. The number of amides is 1. The lowest BCUT2D eigenvalue weighted by molar-refractivity contribution is -0.119. The number of hydrogen-bond acceptors (Lipinski definition) is 5. The molecule has 0 atom stereocenters. The van der Waals surface area contributed by atoms with Gasteiger partial charge in [-0.15, -0.1) is 0 Å². The summed E-state index contributed by atoms with van der Waals surface area (Å²) in [5, 5.41) is 0. The largest absolute Gasteiger partial charge is 0.369 e. The van der Waals surface area contributed by atoms with Gasteiger partial charge in [-0.3, -0.25) is 14.7 Å². The number of halogens is 1. The molecule has 2 rings (SSSR count). The first-order valence-electron chi connectivity index (χ1n) is 6.50. The highest BCUT2D eigenvalue weighted by atomic mass is 79.9. The van der Waals surface area contributed by atoms with E-state index in [2.05, 4.69) is 25.6 Å². The molecule has 0 radical (unpaired) electrons. The molecule has 0 aliphatic carbocycles. The molecule has 0 aromatic carbocycles. The zero-order chi connectivity index (χ0) is 15.5. The molecule has 1 amide bonds. The fraction of sp³-hybridized carbons (Fsp3) is 0.500. The van der Waals surface area contributed by atoms with Crippen molar-refractivity contribution in [2.45, 2.75) is 23.8 Å². The number of aromatic nitrogens is 1. The third-order valence-corrected chi connectivity index (χ3v) is 5.20. The molecule has 1 aliphatic heterocycles. The predicted molar refractivity (Wildman–Crippen MR) is 80.9 cm³/mol. The number of primary amides is 1. The molecule has 116 valence electrons. The molecule has 1 aromatic heterocycles. The number of pyridine rings is 1. The van der Waals surface area contributed by atoms with Crippen LogP contribution in [0.3, 0.4) is 0 Å². The summed E-state index contributed by atoms with van der Waals surface area (Å²) in [4.78, 5) is 16.8. The molecule has 0 spiro atoms. The van der Waals surface area contributed by atoms with E-state index in [0.717, 1.165) is 0 Å². The highest BCUT2D eigenvalue weighted by Gasteiger charge is 2.25. The van der Waals surface area contributed by atoms with Crippen molar-refractivity contribution in [2.24, 2.45) is 5.73 Å². The molecule has 1 aromatic rings. The number of piperidine rings is 1. The van der Waals surface area contributed by atoms with Crippen LogP contribution in [-0.4, -0.2) is 49.9 Å². The maximum atomic E-state index is 12.3. The van der Waals surface area contributed by atoms with Crippen LogP contribution in [0.5, 0.6) is 0 Å². The number of nitrogens with one attached hydrogen (secondary N) is 1. The van der Waals surface area contributed by atoms with Crippen LogP contribution in [0.4, 0.5) is 0 Å². The van der Waals surface area contributed by atoms with Crippen molar-refractivity contribution < 1.29 is 13.2 Å². The summed E-state index contributed by atoms with van der Waals surface area (Å²) in [5.41, 5.74) is 5.15. The first-order valence-corrected chi connectivity index (χ1v) is 8.78. The Morgan fingerprint density at radius 2 is 2.10 bits per heavy atom. The van der Waals surface area contributed by atoms with Crippen LogP contribution in [0.15, 0.2) is 27.8 Å². The Bertz CT molecular complexity index is 615. The van der Waals surface area contributed by atoms with Gasteiger partial charge in [0, 0.05) is 36.0 Å². The Morgan fingerprint density at radius 3 is 2.67 bits per heavy atom. The Morgan fingerprint density at radius 1 is 1.43 bits per heavy atom. The maximum absolute atomic E-state index is 12.3. The monoisotopic (exact) mass is 376 g/mol.